The van der Waals surface area contributed by atoms with Crippen molar-refractivity contribution in [2.75, 3.05) is 39.3 Å². The van der Waals surface area contributed by atoms with Gasteiger partial charge in [-0.05, 0) is 89.8 Å². The molecule has 0 aromatic carbocycles. The number of amides is 2. The minimum absolute atomic E-state index is 0.00346. The molecule has 0 aliphatic carbocycles. The third-order valence-electron chi connectivity index (χ3n) is 12.0. The normalized spacial score (nSPS) is 11.5. The first-order valence-electron chi connectivity index (χ1n) is 25.8. The van der Waals surface area contributed by atoms with Crippen LogP contribution >= 0.6 is 0 Å². The Morgan fingerprint density at radius 1 is 0.467 bits per heavy atom. The third kappa shape index (κ3) is 41.2. The molecule has 9 nitrogen and oxygen atoms in total. The van der Waals surface area contributed by atoms with Crippen molar-refractivity contribution in [2.45, 2.75) is 259 Å². The molecular formula is C51H99N3O6. The van der Waals surface area contributed by atoms with Crippen LogP contribution in [0.25, 0.3) is 0 Å². The lowest BCUT2D eigenvalue weighted by Gasteiger charge is -2.22. The molecule has 60 heavy (non-hydrogen) atoms. The fourth-order valence-electron chi connectivity index (χ4n) is 8.05. The van der Waals surface area contributed by atoms with Crippen molar-refractivity contribution in [3.8, 4) is 0 Å². The minimum atomic E-state index is -0.202. The Balaban J connectivity index is 4.54. The monoisotopic (exact) mass is 850 g/mol. The number of nitrogens with one attached hydrogen (secondary N) is 2. The van der Waals surface area contributed by atoms with Gasteiger partial charge in [0.05, 0.1) is 13.2 Å². The Kier molecular flexibility index (Phi) is 43.3. The minimum Gasteiger partial charge on any atom is -0.466 e. The molecule has 0 bridgehead atoms. The van der Waals surface area contributed by atoms with E-state index in [2.05, 4.69) is 43.2 Å². The van der Waals surface area contributed by atoms with Crippen molar-refractivity contribution in [3.05, 3.63) is 0 Å². The molecule has 0 aliphatic rings. The van der Waals surface area contributed by atoms with Crippen LogP contribution in [0, 0.1) is 5.92 Å². The van der Waals surface area contributed by atoms with Crippen molar-refractivity contribution in [2.24, 2.45) is 5.92 Å². The second-order valence-electron chi connectivity index (χ2n) is 17.9. The quantitative estimate of drug-likeness (QED) is 0.0463. The van der Waals surface area contributed by atoms with Crippen LogP contribution < -0.4 is 10.6 Å². The van der Waals surface area contributed by atoms with Gasteiger partial charge in [-0.15, -0.1) is 0 Å². The topological polar surface area (TPSA) is 114 Å². The van der Waals surface area contributed by atoms with Gasteiger partial charge < -0.3 is 25.0 Å². The first kappa shape index (κ1) is 57.8. The fraction of sp³-hybridized carbons (Fsp3) is 0.922. The molecule has 0 heterocycles. The Bertz CT molecular complexity index is 970. The molecule has 0 aromatic heterocycles. The van der Waals surface area contributed by atoms with Gasteiger partial charge in [0, 0.05) is 26.3 Å². The number of hydrogen-bond acceptors (Lipinski definition) is 7. The number of carbonyl (C=O) groups is 4. The van der Waals surface area contributed by atoms with Gasteiger partial charge in [-0.1, -0.05) is 169 Å². The van der Waals surface area contributed by atoms with Gasteiger partial charge in [0.1, 0.15) is 6.10 Å². The summed E-state index contributed by atoms with van der Waals surface area (Å²) >= 11 is 0. The summed E-state index contributed by atoms with van der Waals surface area (Å²) in [5.41, 5.74) is 0. The number of esters is 2. The Morgan fingerprint density at radius 3 is 1.43 bits per heavy atom. The summed E-state index contributed by atoms with van der Waals surface area (Å²) in [6.45, 7) is 14.6. The van der Waals surface area contributed by atoms with Gasteiger partial charge >= 0.3 is 11.9 Å². The molecule has 0 aliphatic heterocycles. The highest BCUT2D eigenvalue weighted by Gasteiger charge is 2.15. The van der Waals surface area contributed by atoms with Crippen LogP contribution in [0.1, 0.15) is 253 Å². The van der Waals surface area contributed by atoms with Crippen molar-refractivity contribution in [1.29, 1.82) is 0 Å². The van der Waals surface area contributed by atoms with Gasteiger partial charge in [-0.25, -0.2) is 0 Å². The highest BCUT2D eigenvalue weighted by molar-refractivity contribution is 5.83. The number of ether oxygens (including phenoxy) is 2. The predicted molar refractivity (Wildman–Crippen MR) is 252 cm³/mol. The summed E-state index contributed by atoms with van der Waals surface area (Å²) in [6, 6.07) is 0. The number of carbonyl (C=O) groups excluding carboxylic acids is 4. The van der Waals surface area contributed by atoms with Gasteiger partial charge in [0.2, 0.25) is 11.8 Å². The Hall–Kier alpha value is -2.16. The molecule has 0 radical (unpaired) electrons. The summed E-state index contributed by atoms with van der Waals surface area (Å²) in [6.07, 6.45) is 38.4. The van der Waals surface area contributed by atoms with E-state index in [1.165, 1.54) is 122 Å². The fourth-order valence-corrected chi connectivity index (χ4v) is 8.05. The van der Waals surface area contributed by atoms with E-state index in [9.17, 15) is 19.2 Å². The first-order chi connectivity index (χ1) is 29.2. The van der Waals surface area contributed by atoms with Crippen LogP contribution in [0.4, 0.5) is 0 Å². The molecule has 0 unspecified atom stereocenters. The van der Waals surface area contributed by atoms with E-state index < -0.39 is 0 Å². The zero-order valence-corrected chi connectivity index (χ0v) is 40.3. The SMILES string of the molecule is CCCCCCCCC(CCCCCCCC)OC(=O)CCCCCCCN(CCCCCCCC(=O)OCCC(CCCC)CCCC)CCCNC(=O)CNC(C)=O. The van der Waals surface area contributed by atoms with E-state index >= 15 is 0 Å². The number of hydrogen-bond donors (Lipinski definition) is 2. The Labute approximate surface area is 371 Å². The largest absolute Gasteiger partial charge is 0.466 e. The lowest BCUT2D eigenvalue weighted by molar-refractivity contribution is -0.150. The van der Waals surface area contributed by atoms with E-state index in [-0.39, 0.29) is 36.4 Å². The Morgan fingerprint density at radius 2 is 0.917 bits per heavy atom. The second-order valence-corrected chi connectivity index (χ2v) is 17.9. The number of nitrogens with zero attached hydrogens (tertiary/aromatic N) is 1. The van der Waals surface area contributed by atoms with Crippen LogP contribution in [0.3, 0.4) is 0 Å². The number of unbranched alkanes of at least 4 members (excludes halogenated alkanes) is 20. The summed E-state index contributed by atoms with van der Waals surface area (Å²) in [7, 11) is 0. The maximum absolute atomic E-state index is 12.8. The van der Waals surface area contributed by atoms with Gasteiger partial charge in [-0.3, -0.25) is 19.2 Å². The smallest absolute Gasteiger partial charge is 0.306 e. The molecule has 0 rings (SSSR count). The maximum atomic E-state index is 12.8. The van der Waals surface area contributed by atoms with E-state index in [4.69, 9.17) is 9.47 Å². The lowest BCUT2D eigenvalue weighted by Crippen LogP contribution is -2.37. The van der Waals surface area contributed by atoms with Crippen LogP contribution in [-0.4, -0.2) is 74.1 Å². The standard InChI is InChI=1S/C51H99N3O6/c1-6-10-14-16-20-26-35-48(36-27-21-17-15-11-7-2)60-51(58)38-29-23-19-25-31-42-54(43-32-40-52-49(56)45-53-46(5)55)41-30-24-18-22-28-37-50(57)59-44-39-47(33-12-8-3)34-13-9-4/h47-48H,6-45H2,1-5H3,(H,52,56)(H,53,55). The third-order valence-corrected chi connectivity index (χ3v) is 12.0. The highest BCUT2D eigenvalue weighted by atomic mass is 16.5. The van der Waals surface area contributed by atoms with Gasteiger partial charge in [0.25, 0.3) is 0 Å². The van der Waals surface area contributed by atoms with E-state index in [0.717, 1.165) is 110 Å². The molecule has 0 saturated carbocycles. The van der Waals surface area contributed by atoms with Gasteiger partial charge in [0.15, 0.2) is 0 Å². The molecule has 0 aromatic rings. The second kappa shape index (κ2) is 44.9. The summed E-state index contributed by atoms with van der Waals surface area (Å²) in [5, 5.41) is 5.47. The average molecular weight is 850 g/mol. The van der Waals surface area contributed by atoms with Crippen molar-refractivity contribution in [1.82, 2.24) is 15.5 Å². The zero-order chi connectivity index (χ0) is 44.2. The van der Waals surface area contributed by atoms with Crippen LogP contribution in [0.5, 0.6) is 0 Å². The highest BCUT2D eigenvalue weighted by Crippen LogP contribution is 2.21. The predicted octanol–water partition coefficient (Wildman–Crippen LogP) is 13.0. The molecule has 0 saturated heterocycles. The average Bonchev–Trinajstić information content (AvgIpc) is 3.23. The molecule has 2 amide bonds. The molecule has 2 N–H and O–H groups in total. The van der Waals surface area contributed by atoms with Crippen LogP contribution in [-0.2, 0) is 28.7 Å². The van der Waals surface area contributed by atoms with Crippen molar-refractivity contribution >= 4 is 23.8 Å². The van der Waals surface area contributed by atoms with Gasteiger partial charge in [-0.2, -0.15) is 0 Å². The molecule has 0 fully saturated rings. The van der Waals surface area contributed by atoms with Crippen molar-refractivity contribution in [3.63, 3.8) is 0 Å². The zero-order valence-electron chi connectivity index (χ0n) is 40.3. The summed E-state index contributed by atoms with van der Waals surface area (Å²) in [4.78, 5) is 50.9. The van der Waals surface area contributed by atoms with E-state index in [0.29, 0.717) is 31.9 Å². The van der Waals surface area contributed by atoms with Crippen LogP contribution in [0.15, 0.2) is 0 Å². The summed E-state index contributed by atoms with van der Waals surface area (Å²) < 4.78 is 11.7. The molecule has 9 heteroatoms. The molecular weight excluding hydrogens is 751 g/mol. The van der Waals surface area contributed by atoms with E-state index in [1.54, 1.807) is 0 Å². The van der Waals surface area contributed by atoms with E-state index in [1.807, 2.05) is 0 Å². The maximum Gasteiger partial charge on any atom is 0.306 e. The lowest BCUT2D eigenvalue weighted by atomic mass is 9.93. The summed E-state index contributed by atoms with van der Waals surface area (Å²) in [5.74, 6) is 0.285. The molecule has 0 spiro atoms. The molecule has 0 atom stereocenters. The van der Waals surface area contributed by atoms with Crippen molar-refractivity contribution < 1.29 is 28.7 Å². The molecule has 354 valence electrons. The van der Waals surface area contributed by atoms with Crippen LogP contribution in [0.2, 0.25) is 0 Å². The number of rotatable bonds is 46. The first-order valence-corrected chi connectivity index (χ1v) is 25.8.